The molecule has 5 rings (SSSR count). The number of fused-ring (bicyclic) bond motifs is 4. The van der Waals surface area contributed by atoms with E-state index in [2.05, 4.69) is 64.6 Å². The number of hydrogen-bond donors (Lipinski definition) is 1. The fraction of sp³-hybridized carbons (Fsp3) is 0.462. The zero-order valence-corrected chi connectivity index (χ0v) is 18.4. The van der Waals surface area contributed by atoms with E-state index in [1.165, 1.54) is 24.0 Å². The van der Waals surface area contributed by atoms with E-state index >= 15 is 0 Å². The Bertz CT molecular complexity index is 985. The largest absolute Gasteiger partial charge is 0.497 e. The van der Waals surface area contributed by atoms with Crippen LogP contribution in [0.25, 0.3) is 5.57 Å². The van der Waals surface area contributed by atoms with Crippen LogP contribution in [0.2, 0.25) is 0 Å². The second-order valence-corrected chi connectivity index (χ2v) is 9.14. The van der Waals surface area contributed by atoms with E-state index < -0.39 is 0 Å². The molecule has 4 atom stereocenters. The molecule has 0 radical (unpaired) electrons. The summed E-state index contributed by atoms with van der Waals surface area (Å²) >= 11 is 0. The van der Waals surface area contributed by atoms with E-state index in [9.17, 15) is 4.79 Å². The van der Waals surface area contributed by atoms with E-state index in [-0.39, 0.29) is 6.04 Å². The predicted molar refractivity (Wildman–Crippen MR) is 122 cm³/mol. The zero-order valence-electron chi connectivity index (χ0n) is 18.4. The smallest absolute Gasteiger partial charge is 0.129 e. The van der Waals surface area contributed by atoms with Crippen LogP contribution in [0.4, 0.5) is 0 Å². The lowest BCUT2D eigenvalue weighted by atomic mass is 9.76. The third-order valence-electron chi connectivity index (χ3n) is 7.38. The lowest BCUT2D eigenvalue weighted by Gasteiger charge is -2.52. The van der Waals surface area contributed by atoms with E-state index in [1.807, 2.05) is 12.1 Å². The van der Waals surface area contributed by atoms with Gasteiger partial charge in [0.25, 0.3) is 0 Å². The first-order chi connectivity index (χ1) is 15.2. The van der Waals surface area contributed by atoms with Crippen LogP contribution in [0, 0.1) is 5.92 Å². The maximum atomic E-state index is 11.7. The van der Waals surface area contributed by atoms with Gasteiger partial charge < -0.3 is 4.74 Å². The Hall–Kier alpha value is -2.43. The highest BCUT2D eigenvalue weighted by atomic mass is 16.5. The summed E-state index contributed by atoms with van der Waals surface area (Å²) in [5, 5.41) is 2.51. The van der Waals surface area contributed by atoms with Crippen LogP contribution in [0.1, 0.15) is 55.0 Å². The molecular formula is C26H31N3O2. The molecule has 2 fully saturated rings. The number of rotatable bonds is 4. The van der Waals surface area contributed by atoms with Crippen molar-refractivity contribution in [3.63, 3.8) is 0 Å². The molecule has 2 saturated heterocycles. The summed E-state index contributed by atoms with van der Waals surface area (Å²) in [5.41, 5.74) is 8.15. The molecule has 3 aliphatic rings. The Morgan fingerprint density at radius 2 is 2.03 bits per heavy atom. The van der Waals surface area contributed by atoms with Crippen molar-refractivity contribution in [3.8, 4) is 5.75 Å². The van der Waals surface area contributed by atoms with E-state index in [4.69, 9.17) is 4.74 Å². The lowest BCUT2D eigenvalue weighted by Crippen LogP contribution is -2.59. The number of hydrazine groups is 1. The van der Waals surface area contributed by atoms with Crippen molar-refractivity contribution in [2.24, 2.45) is 5.92 Å². The van der Waals surface area contributed by atoms with Gasteiger partial charge in [-0.15, -0.1) is 0 Å². The molecule has 2 aromatic carbocycles. The normalized spacial score (nSPS) is 26.9. The van der Waals surface area contributed by atoms with Gasteiger partial charge in [-0.05, 0) is 60.9 Å². The molecule has 5 heteroatoms. The van der Waals surface area contributed by atoms with Crippen molar-refractivity contribution >= 4 is 11.5 Å². The van der Waals surface area contributed by atoms with Crippen LogP contribution < -0.4 is 10.2 Å². The number of piperidine rings is 2. The van der Waals surface area contributed by atoms with Crippen LogP contribution >= 0.6 is 0 Å². The van der Waals surface area contributed by atoms with Gasteiger partial charge in [0.1, 0.15) is 11.7 Å². The maximum absolute atomic E-state index is 11.7. The molecule has 5 nitrogen and oxygen atoms in total. The minimum Gasteiger partial charge on any atom is -0.497 e. The molecule has 3 heterocycles. The molecule has 0 unspecified atom stereocenters. The molecule has 0 amide bonds. The average Bonchev–Trinajstić information content (AvgIpc) is 2.82. The third kappa shape index (κ3) is 3.83. The molecule has 162 valence electrons. The molecule has 0 spiro atoms. The monoisotopic (exact) mass is 417 g/mol. The minimum atomic E-state index is 0.283. The van der Waals surface area contributed by atoms with E-state index in [0.29, 0.717) is 24.5 Å². The van der Waals surface area contributed by atoms with Crippen molar-refractivity contribution in [1.82, 2.24) is 15.3 Å². The first-order valence-corrected chi connectivity index (χ1v) is 11.4. The second kappa shape index (κ2) is 8.60. The van der Waals surface area contributed by atoms with Gasteiger partial charge in [-0.25, -0.2) is 15.2 Å². The Balaban J connectivity index is 1.41. The Kier molecular flexibility index (Phi) is 5.68. The van der Waals surface area contributed by atoms with Gasteiger partial charge in [0.05, 0.1) is 12.7 Å². The molecule has 0 aromatic heterocycles. The third-order valence-corrected chi connectivity index (χ3v) is 7.38. The Morgan fingerprint density at radius 1 is 1.19 bits per heavy atom. The van der Waals surface area contributed by atoms with Crippen LogP contribution in [0.5, 0.6) is 5.75 Å². The minimum absolute atomic E-state index is 0.283. The van der Waals surface area contributed by atoms with Gasteiger partial charge in [-0.1, -0.05) is 36.4 Å². The number of carbonyl (C=O) groups excluding carboxylic acids is 1. The number of hydrogen-bond acceptors (Lipinski definition) is 5. The summed E-state index contributed by atoms with van der Waals surface area (Å²) in [6.07, 6.45) is 3.53. The number of benzene rings is 2. The summed E-state index contributed by atoms with van der Waals surface area (Å²) in [7, 11) is 1.67. The maximum Gasteiger partial charge on any atom is 0.129 e. The number of ether oxygens (including phenoxy) is 1. The van der Waals surface area contributed by atoms with Gasteiger partial charge in [0, 0.05) is 37.8 Å². The summed E-state index contributed by atoms with van der Waals surface area (Å²) in [6, 6.07) is 18.0. The fourth-order valence-corrected chi connectivity index (χ4v) is 5.79. The summed E-state index contributed by atoms with van der Waals surface area (Å²) in [6.45, 7) is 5.05. The van der Waals surface area contributed by atoms with Crippen molar-refractivity contribution in [3.05, 3.63) is 65.2 Å². The molecule has 0 saturated carbocycles. The van der Waals surface area contributed by atoms with Gasteiger partial charge in [-0.3, -0.25) is 4.90 Å². The second-order valence-electron chi connectivity index (χ2n) is 9.14. The molecule has 1 N–H and O–H groups in total. The molecule has 0 aliphatic carbocycles. The average molecular weight is 418 g/mol. The van der Waals surface area contributed by atoms with E-state index in [1.54, 1.807) is 7.11 Å². The number of nitrogens with one attached hydrogen (secondary N) is 1. The molecule has 31 heavy (non-hydrogen) atoms. The summed E-state index contributed by atoms with van der Waals surface area (Å²) < 4.78 is 5.42. The number of methoxy groups -OCH3 is 1. The quantitative estimate of drug-likeness (QED) is 0.762. The van der Waals surface area contributed by atoms with Crippen LogP contribution in [0.3, 0.4) is 0 Å². The first-order valence-electron chi connectivity index (χ1n) is 11.4. The molecule has 3 aliphatic heterocycles. The standard InChI is InChI=1S/C26H31N3O2/c1-18(19-7-4-3-5-8-19)27-29-12-6-9-20-15-28-16-21(17-30)24-13-22(31-2)10-11-23(24)26(28)14-25(20)29/h3-5,7-8,10-11,13,18,20,25-27H,6,9,12,14-16H2,1-2H3/t18-,20-,25+,26+/m1/s1. The zero-order chi connectivity index (χ0) is 21.4. The van der Waals surface area contributed by atoms with Crippen molar-refractivity contribution in [1.29, 1.82) is 0 Å². The van der Waals surface area contributed by atoms with Crippen LogP contribution in [-0.2, 0) is 4.79 Å². The molecule has 2 aromatic rings. The highest BCUT2D eigenvalue weighted by molar-refractivity contribution is 5.91. The van der Waals surface area contributed by atoms with Crippen LogP contribution in [-0.4, -0.2) is 48.6 Å². The van der Waals surface area contributed by atoms with Gasteiger partial charge in [-0.2, -0.15) is 0 Å². The van der Waals surface area contributed by atoms with E-state index in [0.717, 1.165) is 36.4 Å². The first kappa shape index (κ1) is 20.5. The van der Waals surface area contributed by atoms with Gasteiger partial charge in [0.2, 0.25) is 0 Å². The molecular weight excluding hydrogens is 386 g/mol. The van der Waals surface area contributed by atoms with Gasteiger partial charge >= 0.3 is 0 Å². The highest BCUT2D eigenvalue weighted by Crippen LogP contribution is 2.45. The highest BCUT2D eigenvalue weighted by Gasteiger charge is 2.44. The van der Waals surface area contributed by atoms with Crippen LogP contribution in [0.15, 0.2) is 48.5 Å². The number of nitrogens with zero attached hydrogens (tertiary/aromatic N) is 2. The Morgan fingerprint density at radius 3 is 2.81 bits per heavy atom. The topological polar surface area (TPSA) is 44.8 Å². The predicted octanol–water partition coefficient (Wildman–Crippen LogP) is 4.02. The lowest BCUT2D eigenvalue weighted by molar-refractivity contribution is -0.0372. The fourth-order valence-electron chi connectivity index (χ4n) is 5.79. The summed E-state index contributed by atoms with van der Waals surface area (Å²) in [4.78, 5) is 14.2. The molecule has 0 bridgehead atoms. The van der Waals surface area contributed by atoms with Crippen molar-refractivity contribution in [2.45, 2.75) is 44.3 Å². The Labute approximate surface area is 184 Å². The van der Waals surface area contributed by atoms with Gasteiger partial charge in [0.15, 0.2) is 0 Å². The summed E-state index contributed by atoms with van der Waals surface area (Å²) in [5.74, 6) is 3.63. The van der Waals surface area contributed by atoms with Crippen molar-refractivity contribution in [2.75, 3.05) is 26.7 Å². The van der Waals surface area contributed by atoms with Crippen molar-refractivity contribution < 1.29 is 9.53 Å². The SMILES string of the molecule is COc1ccc2c(c1)C(=C=O)CN1C[C@H]3CCCN(N[C@H](C)c4ccccc4)[C@H]3C[C@@H]21.